The Labute approximate surface area is 126 Å². The summed E-state index contributed by atoms with van der Waals surface area (Å²) < 4.78 is 5.34. The number of hydrogen-bond acceptors (Lipinski definition) is 7. The molecule has 1 saturated heterocycles. The largest absolute Gasteiger partial charge is 0.380 e. The molecule has 2 aromatic heterocycles. The molecule has 0 bridgehead atoms. The van der Waals surface area contributed by atoms with Crippen molar-refractivity contribution >= 4 is 22.3 Å². The monoisotopic (exact) mass is 301 g/mol. The van der Waals surface area contributed by atoms with E-state index in [9.17, 15) is 0 Å². The average Bonchev–Trinajstić information content (AvgIpc) is 3.17. The van der Waals surface area contributed by atoms with E-state index in [4.69, 9.17) is 10.00 Å². The molecule has 1 fully saturated rings. The van der Waals surface area contributed by atoms with Gasteiger partial charge < -0.3 is 15.4 Å². The molecule has 21 heavy (non-hydrogen) atoms. The minimum Gasteiger partial charge on any atom is -0.380 e. The summed E-state index contributed by atoms with van der Waals surface area (Å²) in [6, 6.07) is 6.47. The number of anilines is 2. The molecule has 7 heteroatoms. The highest BCUT2D eigenvalue weighted by molar-refractivity contribution is 7.16. The first-order valence-corrected chi connectivity index (χ1v) is 7.54. The normalized spacial score (nSPS) is 17.6. The van der Waals surface area contributed by atoms with Gasteiger partial charge in [0.15, 0.2) is 5.13 Å². The van der Waals surface area contributed by atoms with E-state index in [1.807, 2.05) is 12.1 Å². The van der Waals surface area contributed by atoms with Crippen LogP contribution in [0.1, 0.15) is 16.9 Å². The lowest BCUT2D eigenvalue weighted by Gasteiger charge is -2.11. The van der Waals surface area contributed by atoms with Gasteiger partial charge in [-0.1, -0.05) is 11.3 Å². The van der Waals surface area contributed by atoms with Crippen molar-refractivity contribution in [1.29, 1.82) is 5.26 Å². The van der Waals surface area contributed by atoms with Crippen LogP contribution in [-0.2, 0) is 11.3 Å². The number of nitrogens with one attached hydrogen (secondary N) is 2. The second-order valence-electron chi connectivity index (χ2n) is 4.76. The fourth-order valence-electron chi connectivity index (χ4n) is 2.10. The summed E-state index contributed by atoms with van der Waals surface area (Å²) in [7, 11) is 0. The van der Waals surface area contributed by atoms with Crippen molar-refractivity contribution in [3.05, 3.63) is 35.0 Å². The molecule has 3 rings (SSSR count). The Morgan fingerprint density at radius 1 is 1.48 bits per heavy atom. The number of ether oxygens (including phenoxy) is 1. The lowest BCUT2D eigenvalue weighted by molar-refractivity contribution is 0.190. The highest BCUT2D eigenvalue weighted by Gasteiger charge is 2.14. The fourth-order valence-corrected chi connectivity index (χ4v) is 2.72. The molecule has 2 N–H and O–H groups in total. The molecule has 1 atom stereocenters. The fraction of sp³-hybridized carbons (Fsp3) is 0.357. The Hall–Kier alpha value is -2.01. The molecule has 1 aliphatic rings. The number of thiazole rings is 1. The van der Waals surface area contributed by atoms with Crippen LogP contribution in [0.15, 0.2) is 24.5 Å². The van der Waals surface area contributed by atoms with Crippen LogP contribution < -0.4 is 10.6 Å². The summed E-state index contributed by atoms with van der Waals surface area (Å²) in [5, 5.41) is 16.1. The Morgan fingerprint density at radius 3 is 3.19 bits per heavy atom. The highest BCUT2D eigenvalue weighted by Crippen LogP contribution is 2.21. The Morgan fingerprint density at radius 2 is 2.43 bits per heavy atom. The maximum atomic E-state index is 8.79. The van der Waals surface area contributed by atoms with E-state index in [1.165, 1.54) is 11.3 Å². The molecular formula is C14H15N5OS. The zero-order valence-electron chi connectivity index (χ0n) is 11.4. The van der Waals surface area contributed by atoms with Crippen LogP contribution >= 0.6 is 11.3 Å². The SMILES string of the molecule is N#Cc1cnc(Nc2cc(CNC3CCOC3)ccn2)s1. The van der Waals surface area contributed by atoms with Gasteiger partial charge in [0, 0.05) is 25.4 Å². The van der Waals surface area contributed by atoms with Crippen LogP contribution in [0.25, 0.3) is 0 Å². The van der Waals surface area contributed by atoms with Gasteiger partial charge in [0.25, 0.3) is 0 Å². The number of nitrogens with zero attached hydrogens (tertiary/aromatic N) is 3. The molecule has 2 aromatic rings. The molecule has 0 aliphatic carbocycles. The summed E-state index contributed by atoms with van der Waals surface area (Å²) in [4.78, 5) is 8.98. The van der Waals surface area contributed by atoms with Crippen LogP contribution in [0, 0.1) is 11.3 Å². The molecule has 0 aromatic carbocycles. The maximum absolute atomic E-state index is 8.79. The van der Waals surface area contributed by atoms with E-state index < -0.39 is 0 Å². The first kappa shape index (κ1) is 13.9. The third kappa shape index (κ3) is 3.76. The third-order valence-corrected chi connectivity index (χ3v) is 4.02. The van der Waals surface area contributed by atoms with Crippen LogP contribution in [0.5, 0.6) is 0 Å². The van der Waals surface area contributed by atoms with Crippen molar-refractivity contribution in [3.8, 4) is 6.07 Å². The van der Waals surface area contributed by atoms with Gasteiger partial charge in [-0.25, -0.2) is 9.97 Å². The van der Waals surface area contributed by atoms with E-state index in [-0.39, 0.29) is 0 Å². The van der Waals surface area contributed by atoms with Gasteiger partial charge in [-0.15, -0.1) is 0 Å². The minimum absolute atomic E-state index is 0.437. The van der Waals surface area contributed by atoms with Gasteiger partial charge in [-0.3, -0.25) is 0 Å². The molecule has 1 aliphatic heterocycles. The topological polar surface area (TPSA) is 82.9 Å². The summed E-state index contributed by atoms with van der Waals surface area (Å²) in [5.74, 6) is 0.732. The molecule has 0 saturated carbocycles. The first-order valence-electron chi connectivity index (χ1n) is 6.72. The quantitative estimate of drug-likeness (QED) is 0.879. The van der Waals surface area contributed by atoms with E-state index in [1.54, 1.807) is 12.4 Å². The molecule has 1 unspecified atom stereocenters. The highest BCUT2D eigenvalue weighted by atomic mass is 32.1. The molecular weight excluding hydrogens is 286 g/mol. The number of nitriles is 1. The molecule has 3 heterocycles. The molecule has 0 amide bonds. The number of pyridine rings is 1. The minimum atomic E-state index is 0.437. The van der Waals surface area contributed by atoms with E-state index >= 15 is 0 Å². The van der Waals surface area contributed by atoms with Gasteiger partial charge in [0.05, 0.1) is 12.8 Å². The van der Waals surface area contributed by atoms with Gasteiger partial charge >= 0.3 is 0 Å². The molecule has 0 radical (unpaired) electrons. The van der Waals surface area contributed by atoms with Crippen LogP contribution in [0.4, 0.5) is 10.9 Å². The Bertz CT molecular complexity index is 645. The summed E-state index contributed by atoms with van der Waals surface area (Å²) >= 11 is 1.31. The van der Waals surface area contributed by atoms with Gasteiger partial charge in [-0.2, -0.15) is 5.26 Å². The smallest absolute Gasteiger partial charge is 0.189 e. The lowest BCUT2D eigenvalue weighted by atomic mass is 10.2. The number of rotatable bonds is 5. The summed E-state index contributed by atoms with van der Waals surface area (Å²) in [6.07, 6.45) is 4.38. The molecule has 6 nitrogen and oxygen atoms in total. The second kappa shape index (κ2) is 6.63. The zero-order chi connectivity index (χ0) is 14.5. The van der Waals surface area contributed by atoms with Crippen LogP contribution in [0.2, 0.25) is 0 Å². The van der Waals surface area contributed by atoms with Gasteiger partial charge in [0.1, 0.15) is 16.8 Å². The summed E-state index contributed by atoms with van der Waals surface area (Å²) in [5.41, 5.74) is 1.15. The predicted molar refractivity (Wildman–Crippen MR) is 80.4 cm³/mol. The van der Waals surface area contributed by atoms with Gasteiger partial charge in [0.2, 0.25) is 0 Å². The van der Waals surface area contributed by atoms with Crippen LogP contribution in [-0.4, -0.2) is 29.2 Å². The molecule has 108 valence electrons. The van der Waals surface area contributed by atoms with Gasteiger partial charge in [-0.05, 0) is 24.1 Å². The number of aromatic nitrogens is 2. The second-order valence-corrected chi connectivity index (χ2v) is 5.79. The van der Waals surface area contributed by atoms with Crippen LogP contribution in [0.3, 0.4) is 0 Å². The maximum Gasteiger partial charge on any atom is 0.189 e. The molecule has 0 spiro atoms. The summed E-state index contributed by atoms with van der Waals surface area (Å²) in [6.45, 7) is 2.41. The zero-order valence-corrected chi connectivity index (χ0v) is 12.2. The number of hydrogen-bond donors (Lipinski definition) is 2. The van der Waals surface area contributed by atoms with Crippen molar-refractivity contribution in [2.75, 3.05) is 18.5 Å². The average molecular weight is 301 g/mol. The first-order chi connectivity index (χ1) is 10.3. The third-order valence-electron chi connectivity index (χ3n) is 3.20. The standard InChI is InChI=1S/C14H15N5OS/c15-6-12-8-18-14(21-12)19-13-5-10(1-3-16-13)7-17-11-2-4-20-9-11/h1,3,5,8,11,17H,2,4,7,9H2,(H,16,18,19). The van der Waals surface area contributed by atoms with Crippen molar-refractivity contribution < 1.29 is 4.74 Å². The predicted octanol–water partition coefficient (Wildman–Crippen LogP) is 2.03. The Balaban J connectivity index is 1.61. The Kier molecular flexibility index (Phi) is 4.40. The van der Waals surface area contributed by atoms with Crippen molar-refractivity contribution in [1.82, 2.24) is 15.3 Å². The lowest BCUT2D eigenvalue weighted by Crippen LogP contribution is -2.28. The van der Waals surface area contributed by atoms with E-state index in [0.29, 0.717) is 16.1 Å². The van der Waals surface area contributed by atoms with Crippen molar-refractivity contribution in [3.63, 3.8) is 0 Å². The van der Waals surface area contributed by atoms with Crippen molar-refractivity contribution in [2.24, 2.45) is 0 Å². The van der Waals surface area contributed by atoms with Crippen molar-refractivity contribution in [2.45, 2.75) is 19.0 Å². The van der Waals surface area contributed by atoms with E-state index in [2.05, 4.69) is 26.7 Å². The van der Waals surface area contributed by atoms with E-state index in [0.717, 1.165) is 37.6 Å².